The number of nitrogens with zero attached hydrogens (tertiary/aromatic N) is 1. The number of carboxylic acid groups (broad SMARTS) is 1. The molecule has 21 heavy (non-hydrogen) atoms. The maximum Gasteiger partial charge on any atom is 0.317 e. The van der Waals surface area contributed by atoms with Crippen LogP contribution in [-0.4, -0.2) is 35.1 Å². The minimum absolute atomic E-state index is 0.226. The van der Waals surface area contributed by atoms with Crippen molar-refractivity contribution in [3.8, 4) is 0 Å². The zero-order valence-electron chi connectivity index (χ0n) is 11.9. The molecule has 1 saturated heterocycles. The van der Waals surface area contributed by atoms with E-state index in [0.29, 0.717) is 24.4 Å². The number of benzene rings is 1. The molecule has 0 radical (unpaired) electrons. The molecule has 1 aliphatic rings. The van der Waals surface area contributed by atoms with Gasteiger partial charge in [0.2, 0.25) is 0 Å². The fraction of sp³-hybridized carbons (Fsp3) is 0.467. The van der Waals surface area contributed by atoms with Gasteiger partial charge in [-0.15, -0.1) is 0 Å². The molecule has 1 unspecified atom stereocenters. The average Bonchev–Trinajstić information content (AvgIpc) is 2.47. The monoisotopic (exact) mass is 310 g/mol. The lowest BCUT2D eigenvalue weighted by molar-refractivity contribution is -0.143. The topological polar surface area (TPSA) is 69.6 Å². The Morgan fingerprint density at radius 3 is 2.81 bits per heavy atom. The van der Waals surface area contributed by atoms with Crippen molar-refractivity contribution in [3.05, 3.63) is 34.9 Å². The number of nitrogens with one attached hydrogen (secondary N) is 1. The molecule has 2 atom stereocenters. The summed E-state index contributed by atoms with van der Waals surface area (Å²) >= 11 is 6.11. The van der Waals surface area contributed by atoms with Crippen molar-refractivity contribution in [2.75, 3.05) is 13.1 Å². The number of urea groups is 1. The van der Waals surface area contributed by atoms with Gasteiger partial charge in [-0.1, -0.05) is 29.8 Å². The Morgan fingerprint density at radius 1 is 1.43 bits per heavy atom. The highest BCUT2D eigenvalue weighted by Crippen LogP contribution is 2.23. The first-order valence-corrected chi connectivity index (χ1v) is 7.39. The molecular formula is C15H19ClN2O3. The quantitative estimate of drug-likeness (QED) is 0.902. The van der Waals surface area contributed by atoms with Crippen LogP contribution < -0.4 is 5.32 Å². The lowest BCUT2D eigenvalue weighted by atomic mass is 9.98. The van der Waals surface area contributed by atoms with Crippen LogP contribution in [0.15, 0.2) is 24.3 Å². The van der Waals surface area contributed by atoms with Gasteiger partial charge in [-0.2, -0.15) is 0 Å². The molecule has 1 aromatic rings. The van der Waals surface area contributed by atoms with Gasteiger partial charge in [0.05, 0.1) is 12.0 Å². The predicted octanol–water partition coefficient (Wildman–Crippen LogP) is 2.91. The van der Waals surface area contributed by atoms with E-state index in [1.54, 1.807) is 11.0 Å². The molecule has 2 rings (SSSR count). The van der Waals surface area contributed by atoms with E-state index in [1.807, 2.05) is 25.1 Å². The summed E-state index contributed by atoms with van der Waals surface area (Å²) in [5.41, 5.74) is 0.847. The van der Waals surface area contributed by atoms with Crippen LogP contribution in [0.1, 0.15) is 31.4 Å². The third-order valence-corrected chi connectivity index (χ3v) is 4.11. The molecule has 1 aliphatic heterocycles. The van der Waals surface area contributed by atoms with Gasteiger partial charge in [-0.05, 0) is 31.4 Å². The Kier molecular flexibility index (Phi) is 5.07. The van der Waals surface area contributed by atoms with Crippen LogP contribution in [0, 0.1) is 5.92 Å². The van der Waals surface area contributed by atoms with Gasteiger partial charge in [0.25, 0.3) is 0 Å². The smallest absolute Gasteiger partial charge is 0.317 e. The first kappa shape index (κ1) is 15.6. The third-order valence-electron chi connectivity index (χ3n) is 3.77. The number of hydrogen-bond donors (Lipinski definition) is 2. The summed E-state index contributed by atoms with van der Waals surface area (Å²) in [6.45, 7) is 2.71. The van der Waals surface area contributed by atoms with Crippen LogP contribution in [0.3, 0.4) is 0 Å². The van der Waals surface area contributed by atoms with E-state index in [4.69, 9.17) is 16.7 Å². The highest BCUT2D eigenvalue weighted by molar-refractivity contribution is 6.31. The fourth-order valence-corrected chi connectivity index (χ4v) is 2.84. The second kappa shape index (κ2) is 6.80. The summed E-state index contributed by atoms with van der Waals surface area (Å²) in [6, 6.07) is 6.88. The summed E-state index contributed by atoms with van der Waals surface area (Å²) in [6.07, 6.45) is 1.34. The normalized spacial score (nSPS) is 19.9. The van der Waals surface area contributed by atoms with Crippen LogP contribution in [0.4, 0.5) is 4.79 Å². The van der Waals surface area contributed by atoms with E-state index in [0.717, 1.165) is 5.56 Å². The van der Waals surface area contributed by atoms with Crippen LogP contribution in [0.2, 0.25) is 5.02 Å². The van der Waals surface area contributed by atoms with Crippen molar-refractivity contribution in [2.24, 2.45) is 5.92 Å². The summed E-state index contributed by atoms with van der Waals surface area (Å²) in [4.78, 5) is 24.8. The molecular weight excluding hydrogens is 292 g/mol. The SMILES string of the molecule is CC(NC(=O)N1CCC[C@H](C(=O)O)C1)c1ccccc1Cl. The van der Waals surface area contributed by atoms with E-state index in [-0.39, 0.29) is 18.6 Å². The Morgan fingerprint density at radius 2 is 2.14 bits per heavy atom. The van der Waals surface area contributed by atoms with Crippen molar-refractivity contribution in [1.82, 2.24) is 10.2 Å². The van der Waals surface area contributed by atoms with Crippen LogP contribution in [0.5, 0.6) is 0 Å². The lowest BCUT2D eigenvalue weighted by Gasteiger charge is -2.31. The van der Waals surface area contributed by atoms with E-state index in [9.17, 15) is 9.59 Å². The van der Waals surface area contributed by atoms with Gasteiger partial charge in [-0.3, -0.25) is 4.79 Å². The number of rotatable bonds is 3. The zero-order chi connectivity index (χ0) is 15.4. The molecule has 2 amide bonds. The van der Waals surface area contributed by atoms with Gasteiger partial charge in [0.15, 0.2) is 0 Å². The molecule has 0 aliphatic carbocycles. The molecule has 114 valence electrons. The number of aliphatic carboxylic acids is 1. The molecule has 2 N–H and O–H groups in total. The Balaban J connectivity index is 1.98. The van der Waals surface area contributed by atoms with Crippen LogP contribution in [-0.2, 0) is 4.79 Å². The maximum atomic E-state index is 12.2. The lowest BCUT2D eigenvalue weighted by Crippen LogP contribution is -2.47. The average molecular weight is 311 g/mol. The maximum absolute atomic E-state index is 12.2. The molecule has 1 fully saturated rings. The fourth-order valence-electron chi connectivity index (χ4n) is 2.54. The third kappa shape index (κ3) is 3.88. The summed E-state index contributed by atoms with van der Waals surface area (Å²) in [5, 5.41) is 12.5. The number of carbonyl (C=O) groups is 2. The molecule has 1 aromatic carbocycles. The van der Waals surface area contributed by atoms with Gasteiger partial charge in [0, 0.05) is 18.1 Å². The highest BCUT2D eigenvalue weighted by Gasteiger charge is 2.28. The first-order chi connectivity index (χ1) is 9.99. The molecule has 0 spiro atoms. The minimum Gasteiger partial charge on any atom is -0.481 e. The zero-order valence-corrected chi connectivity index (χ0v) is 12.6. The largest absolute Gasteiger partial charge is 0.481 e. The second-order valence-electron chi connectivity index (χ2n) is 5.32. The van der Waals surface area contributed by atoms with Gasteiger partial charge in [0.1, 0.15) is 0 Å². The number of halogens is 1. The molecule has 0 saturated carbocycles. The van der Waals surface area contributed by atoms with E-state index in [2.05, 4.69) is 5.32 Å². The molecule has 1 heterocycles. The standard InChI is InChI=1S/C15H19ClN2O3/c1-10(12-6-2-3-7-13(12)16)17-15(21)18-8-4-5-11(9-18)14(19)20/h2-3,6-7,10-11H,4-5,8-9H2,1H3,(H,17,21)(H,19,20)/t10?,11-/m0/s1. The van der Waals surface area contributed by atoms with E-state index >= 15 is 0 Å². The van der Waals surface area contributed by atoms with Gasteiger partial charge in [-0.25, -0.2) is 4.79 Å². The van der Waals surface area contributed by atoms with Crippen molar-refractivity contribution < 1.29 is 14.7 Å². The minimum atomic E-state index is -0.841. The first-order valence-electron chi connectivity index (χ1n) is 7.01. The Bertz CT molecular complexity index is 535. The Hall–Kier alpha value is -1.75. The highest BCUT2D eigenvalue weighted by atomic mass is 35.5. The summed E-state index contributed by atoms with van der Waals surface area (Å²) in [5.74, 6) is -1.31. The number of hydrogen-bond acceptors (Lipinski definition) is 2. The van der Waals surface area contributed by atoms with Crippen molar-refractivity contribution in [2.45, 2.75) is 25.8 Å². The van der Waals surface area contributed by atoms with Crippen LogP contribution in [0.25, 0.3) is 0 Å². The van der Waals surface area contributed by atoms with Gasteiger partial charge < -0.3 is 15.3 Å². The molecule has 5 nitrogen and oxygen atoms in total. The molecule has 0 aromatic heterocycles. The second-order valence-corrected chi connectivity index (χ2v) is 5.72. The van der Waals surface area contributed by atoms with Crippen molar-refractivity contribution >= 4 is 23.6 Å². The number of likely N-dealkylation sites (tertiary alicyclic amines) is 1. The molecule has 6 heteroatoms. The molecule has 0 bridgehead atoms. The summed E-state index contributed by atoms with van der Waals surface area (Å²) < 4.78 is 0. The van der Waals surface area contributed by atoms with E-state index < -0.39 is 11.9 Å². The Labute approximate surface area is 128 Å². The van der Waals surface area contributed by atoms with Gasteiger partial charge >= 0.3 is 12.0 Å². The predicted molar refractivity (Wildman–Crippen MR) is 80.3 cm³/mol. The van der Waals surface area contributed by atoms with Crippen LogP contribution >= 0.6 is 11.6 Å². The number of carbonyl (C=O) groups excluding carboxylic acids is 1. The van der Waals surface area contributed by atoms with Crippen molar-refractivity contribution in [1.29, 1.82) is 0 Å². The number of carboxylic acids is 1. The van der Waals surface area contributed by atoms with Crippen molar-refractivity contribution in [3.63, 3.8) is 0 Å². The number of amides is 2. The summed E-state index contributed by atoms with van der Waals surface area (Å²) in [7, 11) is 0. The van der Waals surface area contributed by atoms with E-state index in [1.165, 1.54) is 0 Å². The number of piperidine rings is 1.